The molecule has 2 unspecified atom stereocenters. The summed E-state index contributed by atoms with van der Waals surface area (Å²) in [6, 6.07) is 13.1. The van der Waals surface area contributed by atoms with Gasteiger partial charge in [0.2, 0.25) is 0 Å². The summed E-state index contributed by atoms with van der Waals surface area (Å²) in [6.07, 6.45) is 4.36. The molecule has 1 aliphatic rings. The maximum absolute atomic E-state index is 12.3. The number of fused-ring (bicyclic) bond motifs is 1. The van der Waals surface area contributed by atoms with Crippen LogP contribution in [0.4, 0.5) is 0 Å². The summed E-state index contributed by atoms with van der Waals surface area (Å²) in [6.45, 7) is 1.94. The Kier molecular flexibility index (Phi) is 4.48. The summed E-state index contributed by atoms with van der Waals surface area (Å²) >= 11 is 0. The molecular formula is C20H20N2O3. The molecule has 2 atom stereocenters. The molecule has 5 nitrogen and oxygen atoms in total. The minimum Gasteiger partial charge on any atom is -0.464 e. The topological polar surface area (TPSA) is 64.4 Å². The van der Waals surface area contributed by atoms with Gasteiger partial charge in [-0.25, -0.2) is 0 Å². The lowest BCUT2D eigenvalue weighted by Crippen LogP contribution is -2.36. The van der Waals surface area contributed by atoms with Gasteiger partial charge in [0, 0.05) is 36.2 Å². The molecule has 1 aliphatic heterocycles. The summed E-state index contributed by atoms with van der Waals surface area (Å²) in [5, 5.41) is 4.09. The lowest BCUT2D eigenvalue weighted by atomic mass is 9.84. The van der Waals surface area contributed by atoms with Crippen molar-refractivity contribution < 1.29 is 13.9 Å². The maximum atomic E-state index is 12.3. The largest absolute Gasteiger partial charge is 0.464 e. The van der Waals surface area contributed by atoms with Crippen molar-refractivity contribution in [3.05, 3.63) is 66.2 Å². The van der Waals surface area contributed by atoms with Crippen molar-refractivity contribution in [3.8, 4) is 0 Å². The second kappa shape index (κ2) is 7.07. The molecule has 1 amide bonds. The first-order valence-corrected chi connectivity index (χ1v) is 8.56. The molecule has 0 bridgehead atoms. The molecule has 2 aromatic heterocycles. The molecule has 0 radical (unpaired) electrons. The Hall–Kier alpha value is -2.66. The normalized spacial score (nSPS) is 20.5. The van der Waals surface area contributed by atoms with Crippen LogP contribution >= 0.6 is 0 Å². The number of aromatic nitrogens is 1. The van der Waals surface area contributed by atoms with E-state index in [1.54, 1.807) is 12.5 Å². The highest BCUT2D eigenvalue weighted by molar-refractivity contribution is 5.94. The lowest BCUT2D eigenvalue weighted by Gasteiger charge is -2.31. The highest BCUT2D eigenvalue weighted by atomic mass is 16.5. The monoisotopic (exact) mass is 336 g/mol. The van der Waals surface area contributed by atoms with E-state index in [9.17, 15) is 4.79 Å². The average molecular weight is 336 g/mol. The van der Waals surface area contributed by atoms with E-state index in [4.69, 9.17) is 9.15 Å². The number of hydrogen-bond acceptors (Lipinski definition) is 4. The van der Waals surface area contributed by atoms with Crippen LogP contribution in [0.3, 0.4) is 0 Å². The number of furan rings is 1. The molecular weight excluding hydrogens is 316 g/mol. The number of carbonyl (C=O) groups is 1. The summed E-state index contributed by atoms with van der Waals surface area (Å²) in [4.78, 5) is 16.9. The van der Waals surface area contributed by atoms with Crippen LogP contribution in [-0.2, 0) is 4.74 Å². The van der Waals surface area contributed by atoms with Crippen LogP contribution in [0.5, 0.6) is 0 Å². The summed E-state index contributed by atoms with van der Waals surface area (Å²) < 4.78 is 11.2. The summed E-state index contributed by atoms with van der Waals surface area (Å²) in [7, 11) is 0. The predicted molar refractivity (Wildman–Crippen MR) is 94.5 cm³/mol. The van der Waals surface area contributed by atoms with Crippen LogP contribution in [0.2, 0.25) is 0 Å². The van der Waals surface area contributed by atoms with Gasteiger partial charge >= 0.3 is 0 Å². The highest BCUT2D eigenvalue weighted by Gasteiger charge is 2.30. The van der Waals surface area contributed by atoms with Crippen LogP contribution < -0.4 is 5.32 Å². The van der Waals surface area contributed by atoms with E-state index in [0.717, 1.165) is 23.1 Å². The van der Waals surface area contributed by atoms with Gasteiger partial charge in [-0.05, 0) is 36.6 Å². The smallest absolute Gasteiger partial charge is 0.251 e. The minimum absolute atomic E-state index is 0.0414. The zero-order valence-corrected chi connectivity index (χ0v) is 13.9. The van der Waals surface area contributed by atoms with E-state index in [2.05, 4.69) is 10.3 Å². The van der Waals surface area contributed by atoms with Gasteiger partial charge in [-0.3, -0.25) is 9.78 Å². The Bertz CT molecular complexity index is 860. The number of pyridine rings is 1. The van der Waals surface area contributed by atoms with Crippen LogP contribution in [0.1, 0.15) is 28.4 Å². The number of benzene rings is 1. The molecule has 1 N–H and O–H groups in total. The molecule has 5 heteroatoms. The number of amides is 1. The van der Waals surface area contributed by atoms with Gasteiger partial charge in [0.25, 0.3) is 5.91 Å². The van der Waals surface area contributed by atoms with Crippen LogP contribution in [-0.4, -0.2) is 30.6 Å². The molecule has 3 heterocycles. The fourth-order valence-electron chi connectivity index (χ4n) is 3.46. The number of nitrogens with one attached hydrogen (secondary N) is 1. The molecule has 1 aromatic carbocycles. The van der Waals surface area contributed by atoms with E-state index in [0.29, 0.717) is 25.3 Å². The lowest BCUT2D eigenvalue weighted by molar-refractivity contribution is 0.0452. The number of hydrogen-bond donors (Lipinski definition) is 1. The second-order valence-corrected chi connectivity index (χ2v) is 6.33. The second-order valence-electron chi connectivity index (χ2n) is 6.33. The Balaban J connectivity index is 1.52. The van der Waals surface area contributed by atoms with E-state index < -0.39 is 0 Å². The van der Waals surface area contributed by atoms with E-state index in [-0.39, 0.29) is 17.7 Å². The van der Waals surface area contributed by atoms with Crippen LogP contribution in [0.25, 0.3) is 11.0 Å². The van der Waals surface area contributed by atoms with E-state index in [1.807, 2.05) is 42.5 Å². The van der Waals surface area contributed by atoms with Gasteiger partial charge in [-0.15, -0.1) is 0 Å². The van der Waals surface area contributed by atoms with Crippen molar-refractivity contribution >= 4 is 16.9 Å². The number of nitrogens with zero attached hydrogens (tertiary/aromatic N) is 1. The van der Waals surface area contributed by atoms with Crippen LogP contribution in [0, 0.1) is 5.92 Å². The van der Waals surface area contributed by atoms with Crippen molar-refractivity contribution in [1.82, 2.24) is 10.3 Å². The SMILES string of the molecule is O=C(NCC1CCOCC1c1nccc2occc12)c1ccccc1. The first kappa shape index (κ1) is 15.8. The third kappa shape index (κ3) is 3.28. The van der Waals surface area contributed by atoms with Gasteiger partial charge in [-0.2, -0.15) is 0 Å². The van der Waals surface area contributed by atoms with Crippen molar-refractivity contribution in [1.29, 1.82) is 0 Å². The first-order chi connectivity index (χ1) is 12.3. The predicted octanol–water partition coefficient (Wildman–Crippen LogP) is 3.38. The van der Waals surface area contributed by atoms with E-state index >= 15 is 0 Å². The molecule has 3 aromatic rings. The van der Waals surface area contributed by atoms with Crippen molar-refractivity contribution in [2.75, 3.05) is 19.8 Å². The fourth-order valence-corrected chi connectivity index (χ4v) is 3.46. The maximum Gasteiger partial charge on any atom is 0.251 e. The Morgan fingerprint density at radius 3 is 2.96 bits per heavy atom. The van der Waals surface area contributed by atoms with Crippen molar-refractivity contribution in [2.24, 2.45) is 5.92 Å². The van der Waals surface area contributed by atoms with Crippen molar-refractivity contribution in [2.45, 2.75) is 12.3 Å². The van der Waals surface area contributed by atoms with Gasteiger partial charge in [0.15, 0.2) is 0 Å². The molecule has 0 spiro atoms. The Labute approximate surface area is 146 Å². The van der Waals surface area contributed by atoms with Crippen LogP contribution in [0.15, 0.2) is 59.3 Å². The third-order valence-corrected chi connectivity index (χ3v) is 4.82. The Morgan fingerprint density at radius 1 is 1.20 bits per heavy atom. The fraction of sp³-hybridized carbons (Fsp3) is 0.300. The number of ether oxygens (including phenoxy) is 1. The molecule has 1 fully saturated rings. The molecule has 1 saturated heterocycles. The summed E-state index contributed by atoms with van der Waals surface area (Å²) in [5.74, 6) is 0.390. The molecule has 0 saturated carbocycles. The number of rotatable bonds is 4. The average Bonchev–Trinajstić information content (AvgIpc) is 3.16. The van der Waals surface area contributed by atoms with Gasteiger partial charge in [0.1, 0.15) is 5.58 Å². The molecule has 0 aliphatic carbocycles. The third-order valence-electron chi connectivity index (χ3n) is 4.82. The van der Waals surface area contributed by atoms with Gasteiger partial charge in [-0.1, -0.05) is 18.2 Å². The quantitative estimate of drug-likeness (QED) is 0.793. The molecule has 128 valence electrons. The van der Waals surface area contributed by atoms with Gasteiger partial charge < -0.3 is 14.5 Å². The summed E-state index contributed by atoms with van der Waals surface area (Å²) in [5.41, 5.74) is 2.51. The Morgan fingerprint density at radius 2 is 2.08 bits per heavy atom. The van der Waals surface area contributed by atoms with Crippen molar-refractivity contribution in [3.63, 3.8) is 0 Å². The molecule has 25 heavy (non-hydrogen) atoms. The first-order valence-electron chi connectivity index (χ1n) is 8.56. The number of carbonyl (C=O) groups excluding carboxylic acids is 1. The van der Waals surface area contributed by atoms with E-state index in [1.165, 1.54) is 0 Å². The standard InChI is InChI=1S/C20H20N2O3/c23-20(14-4-2-1-3-5-14)22-12-15-7-10-24-13-17(15)19-16-8-11-25-18(16)6-9-21-19/h1-6,8-9,11,15,17H,7,10,12-13H2,(H,22,23). The molecule has 4 rings (SSSR count). The zero-order chi connectivity index (χ0) is 17.1. The van der Waals surface area contributed by atoms with Gasteiger partial charge in [0.05, 0.1) is 18.6 Å². The minimum atomic E-state index is -0.0414. The highest BCUT2D eigenvalue weighted by Crippen LogP contribution is 2.34. The zero-order valence-electron chi connectivity index (χ0n) is 13.9.